The molecule has 1 aromatic rings. The van der Waals surface area contributed by atoms with Crippen LogP contribution in [0.1, 0.15) is 60.5 Å². The van der Waals surface area contributed by atoms with E-state index in [9.17, 15) is 9.18 Å². The number of carbonyl (C=O) groups excluding carboxylic acids is 1. The highest BCUT2D eigenvalue weighted by Crippen LogP contribution is 2.69. The van der Waals surface area contributed by atoms with Crippen LogP contribution in [0.4, 0.5) is 4.39 Å². The summed E-state index contributed by atoms with van der Waals surface area (Å²) in [5.74, 6) is 2.37. The van der Waals surface area contributed by atoms with Gasteiger partial charge in [-0.3, -0.25) is 4.79 Å². The highest BCUT2D eigenvalue weighted by atomic mass is 32.2. The third kappa shape index (κ3) is 5.56. The smallest absolute Gasteiger partial charge is 0.310 e. The van der Waals surface area contributed by atoms with E-state index < -0.39 is 5.60 Å². The third-order valence-electron chi connectivity index (χ3n) is 6.78. The van der Waals surface area contributed by atoms with E-state index in [2.05, 4.69) is 34.3 Å². The largest absolute Gasteiger partial charge is 0.460 e. The first-order chi connectivity index (χ1) is 14.2. The fraction of sp³-hybridized carbons (Fsp3) is 0.667. The molecule has 0 N–H and O–H groups in total. The minimum absolute atomic E-state index is 0.0707. The second kappa shape index (κ2) is 8.57. The average molecular weight is 447 g/mol. The van der Waals surface area contributed by atoms with Gasteiger partial charge in [0.1, 0.15) is 11.4 Å². The lowest BCUT2D eigenvalue weighted by atomic mass is 9.79. The molecule has 2 saturated carbocycles. The van der Waals surface area contributed by atoms with Crippen molar-refractivity contribution in [3.63, 3.8) is 0 Å². The zero-order valence-corrected chi connectivity index (χ0v) is 21.2. The Kier molecular flexibility index (Phi) is 6.73. The number of esters is 1. The molecule has 0 saturated heterocycles. The van der Waals surface area contributed by atoms with Crippen LogP contribution in [0.5, 0.6) is 0 Å². The van der Waals surface area contributed by atoms with Crippen molar-refractivity contribution >= 4 is 17.7 Å². The molecule has 0 spiro atoms. The van der Waals surface area contributed by atoms with Crippen molar-refractivity contribution in [1.82, 2.24) is 0 Å². The summed E-state index contributed by atoms with van der Waals surface area (Å²) in [5, 5.41) is 0. The van der Waals surface area contributed by atoms with Crippen LogP contribution in [0.3, 0.4) is 0 Å². The molecule has 6 atom stereocenters. The molecule has 0 aliphatic heterocycles. The summed E-state index contributed by atoms with van der Waals surface area (Å²) >= 11 is 1.66. The zero-order valence-electron chi connectivity index (χ0n) is 20.4. The second-order valence-electron chi connectivity index (χ2n) is 11.9. The predicted molar refractivity (Wildman–Crippen MR) is 128 cm³/mol. The lowest BCUT2D eigenvalue weighted by Gasteiger charge is -2.31. The van der Waals surface area contributed by atoms with Crippen molar-refractivity contribution in [2.24, 2.45) is 40.9 Å². The molecule has 4 heteroatoms. The molecule has 6 unspecified atom stereocenters. The van der Waals surface area contributed by atoms with Crippen molar-refractivity contribution in [3.05, 3.63) is 41.7 Å². The molecule has 2 aliphatic carbocycles. The summed E-state index contributed by atoms with van der Waals surface area (Å²) in [7, 11) is 0. The van der Waals surface area contributed by atoms with E-state index in [1.54, 1.807) is 24.8 Å². The summed E-state index contributed by atoms with van der Waals surface area (Å²) < 4.78 is 19.9. The molecule has 3 rings (SSSR count). The van der Waals surface area contributed by atoms with Crippen molar-refractivity contribution in [2.75, 3.05) is 5.75 Å². The van der Waals surface area contributed by atoms with Crippen LogP contribution in [0.2, 0.25) is 0 Å². The molecule has 0 radical (unpaired) electrons. The van der Waals surface area contributed by atoms with E-state index in [0.29, 0.717) is 29.2 Å². The van der Waals surface area contributed by atoms with Crippen molar-refractivity contribution in [1.29, 1.82) is 0 Å². The minimum atomic E-state index is -0.497. The Balaban J connectivity index is 1.78. The van der Waals surface area contributed by atoms with E-state index in [1.807, 2.05) is 32.9 Å². The topological polar surface area (TPSA) is 26.3 Å². The zero-order chi connectivity index (χ0) is 23.3. The summed E-state index contributed by atoms with van der Waals surface area (Å²) in [5.41, 5.74) is 1.65. The molecule has 0 heterocycles. The van der Waals surface area contributed by atoms with Crippen LogP contribution in [-0.4, -0.2) is 17.3 Å². The molecular weight excluding hydrogens is 407 g/mol. The van der Waals surface area contributed by atoms with Gasteiger partial charge in [-0.2, -0.15) is 0 Å². The Hall–Kier alpha value is -1.29. The highest BCUT2D eigenvalue weighted by Gasteiger charge is 2.68. The van der Waals surface area contributed by atoms with Gasteiger partial charge in [-0.15, -0.1) is 11.8 Å². The number of thioether (sulfide) groups is 1. The fourth-order valence-electron chi connectivity index (χ4n) is 5.55. The number of allylic oxidation sites excluding steroid dienone is 1. The monoisotopic (exact) mass is 446 g/mol. The molecule has 1 aromatic carbocycles. The number of hydrogen-bond acceptors (Lipinski definition) is 3. The Labute approximate surface area is 192 Å². The lowest BCUT2D eigenvalue weighted by Crippen LogP contribution is -2.35. The molecule has 2 fully saturated rings. The predicted octanol–water partition coefficient (Wildman–Crippen LogP) is 7.30. The minimum Gasteiger partial charge on any atom is -0.460 e. The van der Waals surface area contributed by atoms with Gasteiger partial charge in [0.2, 0.25) is 0 Å². The number of fused-ring (bicyclic) bond motifs is 1. The Morgan fingerprint density at radius 3 is 2.32 bits per heavy atom. The molecule has 2 nitrogen and oxygen atoms in total. The first-order valence-corrected chi connectivity index (χ1v) is 12.5. The van der Waals surface area contributed by atoms with E-state index in [0.717, 1.165) is 17.1 Å². The van der Waals surface area contributed by atoms with Gasteiger partial charge in [0.05, 0.1) is 5.92 Å². The van der Waals surface area contributed by atoms with Gasteiger partial charge < -0.3 is 4.74 Å². The Morgan fingerprint density at radius 2 is 1.77 bits per heavy atom. The number of aryl methyl sites for hydroxylation is 1. The summed E-state index contributed by atoms with van der Waals surface area (Å²) in [6, 6.07) is 5.40. The van der Waals surface area contributed by atoms with E-state index in [1.165, 1.54) is 5.57 Å². The SMILES string of the molecule is C=C(CC(C)(C)C)C1C2C(C)C(CSc3ccc(C)c(F)c3)C(C(=O)OC(C)(C)C)C12. The maximum absolute atomic E-state index is 14.0. The molecule has 0 bridgehead atoms. The molecule has 172 valence electrons. The van der Waals surface area contributed by atoms with Gasteiger partial charge in [0, 0.05) is 10.6 Å². The normalized spacial score (nSPS) is 30.1. The summed E-state index contributed by atoms with van der Waals surface area (Å²) in [6.07, 6.45) is 0.987. The Morgan fingerprint density at radius 1 is 1.13 bits per heavy atom. The number of hydrogen-bond donors (Lipinski definition) is 0. The second-order valence-corrected chi connectivity index (χ2v) is 13.0. The molecular formula is C27H39FO2S. The first kappa shape index (κ1) is 24.4. The van der Waals surface area contributed by atoms with Crippen molar-refractivity contribution in [3.8, 4) is 0 Å². The Bertz CT molecular complexity index is 848. The fourth-order valence-corrected chi connectivity index (χ4v) is 6.80. The van der Waals surface area contributed by atoms with Crippen LogP contribution in [-0.2, 0) is 9.53 Å². The van der Waals surface area contributed by atoms with Gasteiger partial charge in [-0.05, 0) is 86.8 Å². The number of benzene rings is 1. The van der Waals surface area contributed by atoms with E-state index in [-0.39, 0.29) is 29.0 Å². The lowest BCUT2D eigenvalue weighted by molar-refractivity contribution is -0.162. The molecule has 0 amide bonds. The molecule has 2 aliphatic rings. The van der Waals surface area contributed by atoms with Crippen LogP contribution in [0, 0.1) is 53.7 Å². The summed E-state index contributed by atoms with van der Waals surface area (Å²) in [4.78, 5) is 14.2. The van der Waals surface area contributed by atoms with Crippen LogP contribution in [0.15, 0.2) is 35.2 Å². The van der Waals surface area contributed by atoms with Gasteiger partial charge in [0.15, 0.2) is 0 Å². The number of halogens is 1. The average Bonchev–Trinajstić information content (AvgIpc) is 3.26. The molecule has 0 aromatic heterocycles. The van der Waals surface area contributed by atoms with E-state index >= 15 is 0 Å². The van der Waals surface area contributed by atoms with Crippen molar-refractivity contribution < 1.29 is 13.9 Å². The maximum atomic E-state index is 14.0. The quantitative estimate of drug-likeness (QED) is 0.260. The highest BCUT2D eigenvalue weighted by molar-refractivity contribution is 7.99. The van der Waals surface area contributed by atoms with Crippen molar-refractivity contribution in [2.45, 2.75) is 72.3 Å². The summed E-state index contributed by atoms with van der Waals surface area (Å²) in [6.45, 7) is 21.0. The number of carbonyl (C=O) groups is 1. The van der Waals surface area contributed by atoms with Crippen LogP contribution in [0.25, 0.3) is 0 Å². The standard InChI is InChI=1S/C27H39FO2S/c1-15-10-11-18(12-20(15)28)31-14-19-17(3)22-21(16(2)13-26(4,5)6)24(22)23(19)25(29)30-27(7,8)9/h10-12,17,19,21-24H,2,13-14H2,1,3-9H3. The van der Waals surface area contributed by atoms with Gasteiger partial charge in [-0.25, -0.2) is 4.39 Å². The van der Waals surface area contributed by atoms with Crippen LogP contribution < -0.4 is 0 Å². The van der Waals surface area contributed by atoms with Gasteiger partial charge in [0.25, 0.3) is 0 Å². The third-order valence-corrected chi connectivity index (χ3v) is 7.92. The number of ether oxygens (including phenoxy) is 1. The number of rotatable bonds is 6. The maximum Gasteiger partial charge on any atom is 0.310 e. The van der Waals surface area contributed by atoms with E-state index in [4.69, 9.17) is 4.74 Å². The van der Waals surface area contributed by atoms with Gasteiger partial charge in [-0.1, -0.05) is 45.9 Å². The van der Waals surface area contributed by atoms with Crippen LogP contribution >= 0.6 is 11.8 Å². The first-order valence-electron chi connectivity index (χ1n) is 11.5. The molecule has 31 heavy (non-hydrogen) atoms. The van der Waals surface area contributed by atoms with Gasteiger partial charge >= 0.3 is 5.97 Å².